The molecule has 18 heteroatoms. The maximum absolute atomic E-state index is 4.97. The standard InChI is InChI=1S/C46H36N6S2.C32H28Br2N2.C14H8N4S2/c1-5-35-6-2-33(1)29-49-21-13-39(14-22-49)37-9-11-38(12-10-37)40-15-23-50(24-16-40)30-34-3-7-36(8-4-34)32-52-27-19-42(20-28-52)44-48-46-45(54-44)47-43(53-46)41-17-25-51(31-35)26-18-41;33-21-25-1-5-27(6-2-25)23-35-17-13-31(14-18-35)29-9-11-30(12-10-29)32-15-19-36(20-16-32)24-28-7-3-26(22-34)4-8-28;1-5-15-6-2-9(1)11-17-13-14(19-11)18-12(20-13)10-3-7-16-8-4-10/h1-28H,29-32H2;1-20H,21-24H2;1-8H/q+4;+2;. The maximum atomic E-state index is 4.97. The second-order valence-electron chi connectivity index (χ2n) is 27.0. The second kappa shape index (κ2) is 33.6. The smallest absolute Gasteiger partial charge is 0.173 e. The highest BCUT2D eigenvalue weighted by molar-refractivity contribution is 9.08. The molecule has 40 rings (SSSR count). The van der Waals surface area contributed by atoms with Gasteiger partial charge in [0.2, 0.25) is 0 Å². The fourth-order valence-corrected chi connectivity index (χ4v) is 18.0. The van der Waals surface area contributed by atoms with Gasteiger partial charge in [-0.1, -0.05) is 223 Å². The minimum Gasteiger partial charge on any atom is -0.265 e. The van der Waals surface area contributed by atoms with Gasteiger partial charge in [-0.25, -0.2) is 47.3 Å². The van der Waals surface area contributed by atoms with E-state index >= 15 is 0 Å². The first kappa shape index (κ1) is 71.4. The molecule has 0 N–H and O–H groups in total. The van der Waals surface area contributed by atoms with Crippen LogP contribution >= 0.6 is 77.2 Å². The molecule has 0 radical (unpaired) electrons. The van der Waals surface area contributed by atoms with E-state index in [0.717, 1.165) is 112 Å². The number of alkyl halides is 2. The van der Waals surface area contributed by atoms with Gasteiger partial charge in [-0.2, -0.15) is 0 Å². The summed E-state index contributed by atoms with van der Waals surface area (Å²) in [4.78, 5) is 31.2. The summed E-state index contributed by atoms with van der Waals surface area (Å²) >= 11 is 13.5. The van der Waals surface area contributed by atoms with E-state index in [1.807, 2.05) is 24.3 Å². The minimum atomic E-state index is 0.812. The molecular weight excluding hydrogens is 1560 g/mol. The van der Waals surface area contributed by atoms with Gasteiger partial charge in [0.15, 0.2) is 133 Å². The molecule has 0 saturated heterocycles. The first-order valence-corrected chi connectivity index (χ1v) is 41.7. The molecule has 0 fully saturated rings. The number of nitrogens with zero attached hydrogens (tertiary/aromatic N) is 12. The van der Waals surface area contributed by atoms with Gasteiger partial charge in [0.1, 0.15) is 20.0 Å². The highest BCUT2D eigenvalue weighted by atomic mass is 79.9. The number of aromatic nitrogens is 12. The fourth-order valence-electron chi connectivity index (χ4n) is 13.1. The molecule has 0 aliphatic carbocycles. The van der Waals surface area contributed by atoms with Crippen LogP contribution in [0, 0.1) is 0 Å². The highest BCUT2D eigenvalue weighted by Gasteiger charge is 2.19. The van der Waals surface area contributed by atoms with E-state index in [0.29, 0.717) is 0 Å². The summed E-state index contributed by atoms with van der Waals surface area (Å²) in [5.41, 5.74) is 24.5. The highest BCUT2D eigenvalue weighted by Crippen LogP contribution is 2.38. The van der Waals surface area contributed by atoms with Crippen molar-refractivity contribution in [3.8, 4) is 86.8 Å². The van der Waals surface area contributed by atoms with Crippen LogP contribution in [-0.2, 0) is 49.9 Å². The van der Waals surface area contributed by atoms with Gasteiger partial charge in [0, 0.05) is 164 Å². The summed E-state index contributed by atoms with van der Waals surface area (Å²) in [6.45, 7) is 5.02. The number of rotatable bonds is 10. The van der Waals surface area contributed by atoms with Crippen molar-refractivity contribution in [3.05, 3.63) is 386 Å². The lowest BCUT2D eigenvalue weighted by Crippen LogP contribution is -2.33. The van der Waals surface area contributed by atoms with Gasteiger partial charge in [-0.15, -0.1) is 0 Å². The molecule has 532 valence electrons. The molecule has 0 amide bonds. The van der Waals surface area contributed by atoms with Crippen LogP contribution in [-0.4, -0.2) is 29.9 Å². The molecule has 6 aromatic carbocycles. The largest absolute Gasteiger partial charge is 0.265 e. The van der Waals surface area contributed by atoms with Crippen molar-refractivity contribution in [2.45, 2.75) is 49.9 Å². The quantitative estimate of drug-likeness (QED) is 0.0999. The van der Waals surface area contributed by atoms with Crippen LogP contribution < -0.4 is 27.4 Å². The number of pyridine rings is 8. The SMILES string of the molecule is BrCc1ccc(C[n+]2ccc(-c3ccc(-c4cc[n+](Cc5ccc(CBr)cc5)cc4)cc3)cc2)cc1.c1cc(-c2nc3sc(-c4ccncc4)nc3s2)ccn1.c1cc2ccc1C[n+]1ccc(cc1)-c1ccc(cc1)-c1cc[n+](cc1)Cc1ccc(cc1)C[n+]1ccc(cc1)-c1nc3sc(nc3s1)-c1cc[n+](cc1)C2. The fraction of sp³-hybridized carbons (Fsp3) is 0.0870. The zero-order valence-corrected chi connectivity index (χ0v) is 66.2. The molecule has 12 nitrogen and oxygen atoms in total. The van der Waals surface area contributed by atoms with Crippen molar-refractivity contribution in [1.82, 2.24) is 29.9 Å². The summed E-state index contributed by atoms with van der Waals surface area (Å²) in [5, 5.41) is 5.77. The molecule has 0 saturated carbocycles. The molecule has 22 aliphatic heterocycles. The Bertz CT molecular complexity index is 5640. The summed E-state index contributed by atoms with van der Waals surface area (Å²) in [6, 6.07) is 87.1. The number of thiazole rings is 4. The minimum absolute atomic E-state index is 0.812. The van der Waals surface area contributed by atoms with E-state index in [2.05, 4.69) is 372 Å². The normalized spacial score (nSPS) is 11.7. The lowest BCUT2D eigenvalue weighted by molar-refractivity contribution is -0.688. The average molecular weight is 1630 g/mol. The third-order valence-corrected chi connectivity index (χ3v) is 24.9. The van der Waals surface area contributed by atoms with E-state index < -0.39 is 0 Å². The van der Waals surface area contributed by atoms with E-state index in [-0.39, 0.29) is 0 Å². The molecule has 0 spiro atoms. The average Bonchev–Trinajstić information content (AvgIpc) is 1.64. The Labute approximate surface area is 671 Å². The zero-order valence-electron chi connectivity index (χ0n) is 59.7. The predicted octanol–water partition coefficient (Wildman–Crippen LogP) is 19.4. The summed E-state index contributed by atoms with van der Waals surface area (Å²) in [5.74, 6) is 0. The van der Waals surface area contributed by atoms with Gasteiger partial charge < -0.3 is 0 Å². The van der Waals surface area contributed by atoms with Gasteiger partial charge >= 0.3 is 0 Å². The summed E-state index contributed by atoms with van der Waals surface area (Å²) in [7, 11) is 0. The Kier molecular flexibility index (Phi) is 21.8. The Balaban J connectivity index is 0.000000134. The Hall–Kier alpha value is -11.5. The van der Waals surface area contributed by atoms with E-state index in [1.165, 1.54) is 89.0 Å². The van der Waals surface area contributed by atoms with Crippen LogP contribution in [0.2, 0.25) is 0 Å². The number of hydrogen-bond donors (Lipinski definition) is 0. The number of benzene rings is 6. The molecule has 12 aromatic heterocycles. The lowest BCUT2D eigenvalue weighted by Gasteiger charge is -2.06. The van der Waals surface area contributed by atoms with Crippen LogP contribution in [0.25, 0.3) is 106 Å². The van der Waals surface area contributed by atoms with Crippen LogP contribution in [0.5, 0.6) is 0 Å². The maximum Gasteiger partial charge on any atom is 0.173 e. The van der Waals surface area contributed by atoms with Crippen molar-refractivity contribution in [1.29, 1.82) is 0 Å². The monoisotopic (exact) mass is 1630 g/mol. The molecular formula is C92H72Br2N12S4+6. The van der Waals surface area contributed by atoms with Crippen molar-refractivity contribution in [3.63, 3.8) is 0 Å². The molecule has 0 unspecified atom stereocenters. The van der Waals surface area contributed by atoms with Crippen LogP contribution in [0.3, 0.4) is 0 Å². The second-order valence-corrected chi connectivity index (χ2v) is 32.0. The van der Waals surface area contributed by atoms with E-state index in [4.69, 9.17) is 9.97 Å². The molecule has 22 aliphatic rings. The first-order valence-electron chi connectivity index (χ1n) is 36.2. The third kappa shape index (κ3) is 17.5. The Morgan fingerprint density at radius 3 is 0.682 bits per heavy atom. The lowest BCUT2D eigenvalue weighted by atomic mass is 10.0. The third-order valence-electron chi connectivity index (χ3n) is 19.3. The Morgan fingerprint density at radius 2 is 0.436 bits per heavy atom. The van der Waals surface area contributed by atoms with Gasteiger partial charge in [-0.3, -0.25) is 9.97 Å². The summed E-state index contributed by atoms with van der Waals surface area (Å²) in [6.07, 6.45) is 33.0. The molecule has 110 heavy (non-hydrogen) atoms. The van der Waals surface area contributed by atoms with Gasteiger partial charge in [0.25, 0.3) is 0 Å². The van der Waals surface area contributed by atoms with Gasteiger partial charge in [0.05, 0.1) is 0 Å². The van der Waals surface area contributed by atoms with Crippen molar-refractivity contribution in [2.24, 2.45) is 0 Å². The zero-order chi connectivity index (χ0) is 74.0. The molecule has 18 bridgehead atoms. The van der Waals surface area contributed by atoms with Crippen molar-refractivity contribution in [2.75, 3.05) is 0 Å². The molecule has 34 heterocycles. The molecule has 18 aromatic rings. The first-order chi connectivity index (χ1) is 54.2. The van der Waals surface area contributed by atoms with Crippen molar-refractivity contribution < 1.29 is 27.4 Å². The summed E-state index contributed by atoms with van der Waals surface area (Å²) < 4.78 is 13.3. The number of halogens is 2. The van der Waals surface area contributed by atoms with Crippen LogP contribution in [0.4, 0.5) is 0 Å². The molecule has 0 atom stereocenters. The topological polar surface area (TPSA) is 101 Å². The van der Waals surface area contributed by atoms with Gasteiger partial charge in [-0.05, 0) is 79.9 Å². The van der Waals surface area contributed by atoms with E-state index in [1.54, 1.807) is 70.1 Å². The van der Waals surface area contributed by atoms with E-state index in [9.17, 15) is 0 Å². The number of fused-ring (bicyclic) bond motifs is 1. The van der Waals surface area contributed by atoms with Crippen LogP contribution in [0.1, 0.15) is 44.5 Å². The van der Waals surface area contributed by atoms with Crippen molar-refractivity contribution >= 4 is 96.5 Å². The number of hydrogen-bond acceptors (Lipinski definition) is 10. The van der Waals surface area contributed by atoms with Crippen LogP contribution in [0.15, 0.2) is 342 Å². The predicted molar refractivity (Wildman–Crippen MR) is 449 cm³/mol. The Morgan fingerprint density at radius 1 is 0.227 bits per heavy atom.